The molecule has 0 radical (unpaired) electrons. The third-order valence-electron chi connectivity index (χ3n) is 1.17. The molecule has 0 aliphatic carbocycles. The van der Waals surface area contributed by atoms with Gasteiger partial charge in [0.1, 0.15) is 0 Å². The Morgan fingerprint density at radius 3 is 2.44 bits per heavy atom. The molecule has 2 heteroatoms. The van der Waals surface area contributed by atoms with Crippen LogP contribution in [0, 0.1) is 0 Å². The molecular formula is C7H13ClO. The Labute approximate surface area is 61.7 Å². The Morgan fingerprint density at radius 2 is 2.33 bits per heavy atom. The van der Waals surface area contributed by atoms with Crippen LogP contribution in [0.3, 0.4) is 0 Å². The van der Waals surface area contributed by atoms with Gasteiger partial charge in [0, 0.05) is 6.61 Å². The first kappa shape index (κ1) is 8.99. The van der Waals surface area contributed by atoms with Gasteiger partial charge < -0.3 is 4.74 Å². The van der Waals surface area contributed by atoms with E-state index in [4.69, 9.17) is 16.3 Å². The van der Waals surface area contributed by atoms with Gasteiger partial charge in [-0.05, 0) is 13.8 Å². The molecule has 0 aromatic heterocycles. The molecule has 0 aromatic carbocycles. The number of hydrogen-bond donors (Lipinski definition) is 0. The summed E-state index contributed by atoms with van der Waals surface area (Å²) in [6, 6.07) is 0. The largest absolute Gasteiger partial charge is 0.370 e. The molecule has 0 saturated heterocycles. The zero-order chi connectivity index (χ0) is 7.33. The summed E-state index contributed by atoms with van der Waals surface area (Å²) in [4.78, 5) is 0. The highest BCUT2D eigenvalue weighted by molar-refractivity contribution is 6.18. The van der Waals surface area contributed by atoms with Crippen LogP contribution >= 0.6 is 11.6 Å². The lowest BCUT2D eigenvalue weighted by molar-refractivity contribution is 0.0315. The minimum Gasteiger partial charge on any atom is -0.370 e. The van der Waals surface area contributed by atoms with E-state index in [2.05, 4.69) is 6.58 Å². The third-order valence-corrected chi connectivity index (χ3v) is 1.70. The van der Waals surface area contributed by atoms with E-state index in [0.717, 1.165) is 0 Å². The van der Waals surface area contributed by atoms with E-state index >= 15 is 0 Å². The standard InChI is InChI=1S/C7H13ClO/c1-4-7(3,6-8)9-5-2/h4H,1,5-6H2,2-3H3. The first-order valence-corrected chi connectivity index (χ1v) is 3.55. The topological polar surface area (TPSA) is 9.23 Å². The molecule has 1 nitrogen and oxygen atoms in total. The maximum atomic E-state index is 5.59. The van der Waals surface area contributed by atoms with Crippen LogP contribution in [-0.4, -0.2) is 18.1 Å². The number of halogens is 1. The molecule has 0 saturated carbocycles. The minimum absolute atomic E-state index is 0.337. The van der Waals surface area contributed by atoms with E-state index in [1.807, 2.05) is 13.8 Å². The Bertz CT molecular complexity index is 92.9. The van der Waals surface area contributed by atoms with Crippen molar-refractivity contribution in [1.29, 1.82) is 0 Å². The Kier molecular flexibility index (Phi) is 3.91. The predicted octanol–water partition coefficient (Wildman–Crippen LogP) is 2.21. The summed E-state index contributed by atoms with van der Waals surface area (Å²) >= 11 is 5.59. The lowest BCUT2D eigenvalue weighted by atomic mass is 10.1. The Balaban J connectivity index is 3.76. The molecule has 0 aliphatic rings. The fourth-order valence-electron chi connectivity index (χ4n) is 0.482. The van der Waals surface area contributed by atoms with Crippen molar-refractivity contribution in [3.05, 3.63) is 12.7 Å². The van der Waals surface area contributed by atoms with Crippen LogP contribution in [0.4, 0.5) is 0 Å². The normalized spacial score (nSPS) is 16.8. The van der Waals surface area contributed by atoms with E-state index in [1.165, 1.54) is 0 Å². The first-order valence-electron chi connectivity index (χ1n) is 3.02. The van der Waals surface area contributed by atoms with E-state index < -0.39 is 0 Å². The van der Waals surface area contributed by atoms with E-state index in [1.54, 1.807) is 6.08 Å². The van der Waals surface area contributed by atoms with E-state index in [-0.39, 0.29) is 5.60 Å². The lowest BCUT2D eigenvalue weighted by Crippen LogP contribution is -2.27. The minimum atomic E-state index is -0.337. The number of hydrogen-bond acceptors (Lipinski definition) is 1. The van der Waals surface area contributed by atoms with Crippen molar-refractivity contribution >= 4 is 11.6 Å². The van der Waals surface area contributed by atoms with Crippen LogP contribution in [0.2, 0.25) is 0 Å². The maximum Gasteiger partial charge on any atom is 0.0966 e. The number of rotatable bonds is 4. The van der Waals surface area contributed by atoms with Crippen LogP contribution in [0.15, 0.2) is 12.7 Å². The van der Waals surface area contributed by atoms with Gasteiger partial charge in [-0.3, -0.25) is 0 Å². The van der Waals surface area contributed by atoms with Crippen LogP contribution in [0.5, 0.6) is 0 Å². The van der Waals surface area contributed by atoms with Crippen molar-refractivity contribution < 1.29 is 4.74 Å². The molecular weight excluding hydrogens is 136 g/mol. The molecule has 0 spiro atoms. The second-order valence-corrected chi connectivity index (χ2v) is 2.35. The maximum absolute atomic E-state index is 5.59. The van der Waals surface area contributed by atoms with Gasteiger partial charge in [0.25, 0.3) is 0 Å². The van der Waals surface area contributed by atoms with Crippen LogP contribution in [-0.2, 0) is 4.74 Å². The molecule has 0 rings (SSSR count). The van der Waals surface area contributed by atoms with Gasteiger partial charge in [-0.25, -0.2) is 0 Å². The average Bonchev–Trinajstić information content (AvgIpc) is 1.89. The molecule has 9 heavy (non-hydrogen) atoms. The molecule has 54 valence electrons. The average molecular weight is 149 g/mol. The molecule has 1 unspecified atom stereocenters. The summed E-state index contributed by atoms with van der Waals surface area (Å²) in [5, 5.41) is 0. The Morgan fingerprint density at radius 1 is 1.78 bits per heavy atom. The number of alkyl halides is 1. The fraction of sp³-hybridized carbons (Fsp3) is 0.714. The van der Waals surface area contributed by atoms with E-state index in [9.17, 15) is 0 Å². The van der Waals surface area contributed by atoms with Crippen molar-refractivity contribution in [1.82, 2.24) is 0 Å². The molecule has 0 heterocycles. The van der Waals surface area contributed by atoms with Gasteiger partial charge in [0.05, 0.1) is 11.5 Å². The molecule has 0 aliphatic heterocycles. The van der Waals surface area contributed by atoms with Gasteiger partial charge in [-0.15, -0.1) is 18.2 Å². The van der Waals surface area contributed by atoms with Gasteiger partial charge in [-0.2, -0.15) is 0 Å². The molecule has 0 bridgehead atoms. The van der Waals surface area contributed by atoms with Crippen LogP contribution in [0.25, 0.3) is 0 Å². The quantitative estimate of drug-likeness (QED) is 0.439. The monoisotopic (exact) mass is 148 g/mol. The smallest absolute Gasteiger partial charge is 0.0966 e. The van der Waals surface area contributed by atoms with Gasteiger partial charge in [-0.1, -0.05) is 6.08 Å². The summed E-state index contributed by atoms with van der Waals surface area (Å²) < 4.78 is 5.28. The van der Waals surface area contributed by atoms with Crippen molar-refractivity contribution in [2.75, 3.05) is 12.5 Å². The van der Waals surface area contributed by atoms with Crippen molar-refractivity contribution in [2.24, 2.45) is 0 Å². The van der Waals surface area contributed by atoms with Crippen molar-refractivity contribution in [3.8, 4) is 0 Å². The molecule has 0 N–H and O–H groups in total. The van der Waals surface area contributed by atoms with E-state index in [0.29, 0.717) is 12.5 Å². The summed E-state index contributed by atoms with van der Waals surface area (Å²) in [6.45, 7) is 8.14. The molecule has 1 atom stereocenters. The van der Waals surface area contributed by atoms with Crippen molar-refractivity contribution in [3.63, 3.8) is 0 Å². The Hall–Kier alpha value is -0.0100. The zero-order valence-corrected chi connectivity index (χ0v) is 6.74. The fourth-order valence-corrected chi connectivity index (χ4v) is 0.668. The lowest BCUT2D eigenvalue weighted by Gasteiger charge is -2.21. The molecule has 0 aromatic rings. The summed E-state index contributed by atoms with van der Waals surface area (Å²) in [7, 11) is 0. The van der Waals surface area contributed by atoms with Gasteiger partial charge in [0.2, 0.25) is 0 Å². The van der Waals surface area contributed by atoms with Crippen molar-refractivity contribution in [2.45, 2.75) is 19.4 Å². The highest BCUT2D eigenvalue weighted by atomic mass is 35.5. The summed E-state index contributed by atoms with van der Waals surface area (Å²) in [6.07, 6.45) is 1.73. The van der Waals surface area contributed by atoms with Crippen LogP contribution < -0.4 is 0 Å². The number of ether oxygens (including phenoxy) is 1. The molecule has 0 amide bonds. The zero-order valence-electron chi connectivity index (χ0n) is 5.98. The predicted molar refractivity (Wildman–Crippen MR) is 40.9 cm³/mol. The highest BCUT2D eigenvalue weighted by Crippen LogP contribution is 2.12. The van der Waals surface area contributed by atoms with Crippen LogP contribution in [0.1, 0.15) is 13.8 Å². The first-order chi connectivity index (χ1) is 4.18. The SMILES string of the molecule is C=CC(C)(CCl)OCC. The highest BCUT2D eigenvalue weighted by Gasteiger charge is 2.17. The van der Waals surface area contributed by atoms with Gasteiger partial charge >= 0.3 is 0 Å². The second kappa shape index (κ2) is 3.91. The summed E-state index contributed by atoms with van der Waals surface area (Å²) in [5.74, 6) is 0.463. The molecule has 0 fully saturated rings. The van der Waals surface area contributed by atoms with Gasteiger partial charge in [0.15, 0.2) is 0 Å². The third kappa shape index (κ3) is 2.87. The summed E-state index contributed by atoms with van der Waals surface area (Å²) in [5.41, 5.74) is -0.337. The second-order valence-electron chi connectivity index (χ2n) is 2.08.